The monoisotopic (exact) mass is 456 g/mol. The molecular formula is C5H10Na3O14P3. The fourth-order valence-corrected chi connectivity index (χ4v) is 3.28. The smallest absolute Gasteiger partial charge is 0.790 e. The normalized spacial score (nSPS) is 28.9. The molecular weight excluding hydrogens is 446 g/mol. The van der Waals surface area contributed by atoms with E-state index in [9.17, 15) is 38.6 Å². The van der Waals surface area contributed by atoms with Crippen LogP contribution in [0.4, 0.5) is 0 Å². The zero-order valence-electron chi connectivity index (χ0n) is 13.2. The van der Waals surface area contributed by atoms with Crippen molar-refractivity contribution in [3.8, 4) is 0 Å². The van der Waals surface area contributed by atoms with Crippen molar-refractivity contribution < 1.29 is 155 Å². The van der Waals surface area contributed by atoms with Crippen LogP contribution in [0.3, 0.4) is 0 Å². The Hall–Kier alpha value is 3.25. The average Bonchev–Trinajstić information content (AvgIpc) is 2.49. The summed E-state index contributed by atoms with van der Waals surface area (Å²) in [4.78, 5) is 48.3. The summed E-state index contributed by atoms with van der Waals surface area (Å²) in [6.45, 7) is -0.950. The first-order valence-corrected chi connectivity index (χ1v) is 9.60. The molecule has 1 unspecified atom stereocenters. The van der Waals surface area contributed by atoms with E-state index in [1.54, 1.807) is 0 Å². The molecule has 0 saturated carbocycles. The summed E-state index contributed by atoms with van der Waals surface area (Å²) in [6, 6.07) is 0. The van der Waals surface area contributed by atoms with Crippen molar-refractivity contribution in [3.63, 3.8) is 0 Å². The van der Waals surface area contributed by atoms with Gasteiger partial charge in [-0.2, -0.15) is 0 Å². The largest absolute Gasteiger partial charge is 1.00 e. The Morgan fingerprint density at radius 3 is 1.84 bits per heavy atom. The SMILES string of the molecule is O=P([O-])([O-])OP(=O)([O-])O[C@H]1O[C@H](COP(=O)(O)O)[C@@H](O)[C@H]1O.[Na+].[Na+].[Na+]. The van der Waals surface area contributed by atoms with E-state index in [4.69, 9.17) is 9.79 Å². The molecule has 1 fully saturated rings. The van der Waals surface area contributed by atoms with Crippen LogP contribution in [0.15, 0.2) is 0 Å². The van der Waals surface area contributed by atoms with E-state index in [2.05, 4.69) is 18.1 Å². The quantitative estimate of drug-likeness (QED) is 0.206. The number of phosphoric acid groups is 3. The summed E-state index contributed by atoms with van der Waals surface area (Å²) in [5, 5.41) is 18.9. The summed E-state index contributed by atoms with van der Waals surface area (Å²) in [7, 11) is -16.6. The fourth-order valence-electron chi connectivity index (χ4n) is 1.38. The van der Waals surface area contributed by atoms with Gasteiger partial charge in [0.15, 0.2) is 6.29 Å². The summed E-state index contributed by atoms with van der Waals surface area (Å²) in [6.07, 6.45) is -7.74. The second kappa shape index (κ2) is 12.8. The minimum atomic E-state index is -5.96. The Balaban J connectivity index is -0.00000161. The third-order valence-electron chi connectivity index (χ3n) is 2.16. The molecule has 0 aromatic carbocycles. The topological polar surface area (TPSA) is 238 Å². The Morgan fingerprint density at radius 1 is 0.960 bits per heavy atom. The molecule has 25 heavy (non-hydrogen) atoms. The zero-order chi connectivity index (χ0) is 17.3. The first kappa shape index (κ1) is 32.9. The van der Waals surface area contributed by atoms with Crippen LogP contribution in [0.25, 0.3) is 0 Å². The number of aliphatic hydroxyl groups excluding tert-OH is 2. The molecule has 1 rings (SSSR count). The maximum Gasteiger partial charge on any atom is 1.00 e. The van der Waals surface area contributed by atoms with Gasteiger partial charge in [0.1, 0.15) is 18.3 Å². The molecule has 1 saturated heterocycles. The van der Waals surface area contributed by atoms with Crippen molar-refractivity contribution in [2.75, 3.05) is 6.61 Å². The van der Waals surface area contributed by atoms with Gasteiger partial charge in [-0.05, 0) is 0 Å². The standard InChI is InChI=1S/C5H13O14P3.3Na/c6-3-2(1-16-20(8,9)10)17-5(4(3)7)18-22(14,15)19-21(11,12)13;;;/h2-7H,1H2,(H,14,15)(H2,8,9,10)(H2,11,12,13);;;/q;3*+1/p-3/t2-,3-,4-,5-;;;/m1.../s1. The van der Waals surface area contributed by atoms with Crippen LogP contribution < -0.4 is 103 Å². The van der Waals surface area contributed by atoms with E-state index in [0.29, 0.717) is 0 Å². The first-order chi connectivity index (χ1) is 9.70. The molecule has 14 nitrogen and oxygen atoms in total. The Kier molecular flexibility index (Phi) is 16.9. The number of hydrogen-bond acceptors (Lipinski definition) is 12. The molecule has 0 spiro atoms. The molecule has 1 heterocycles. The molecule has 1 aliphatic heterocycles. The minimum Gasteiger partial charge on any atom is -0.790 e. The second-order valence-electron chi connectivity index (χ2n) is 3.89. The van der Waals surface area contributed by atoms with Gasteiger partial charge in [0.2, 0.25) is 0 Å². The average molecular weight is 456 g/mol. The molecule has 0 aliphatic carbocycles. The summed E-state index contributed by atoms with van der Waals surface area (Å²) in [5.74, 6) is 0. The van der Waals surface area contributed by atoms with Crippen molar-refractivity contribution in [1.29, 1.82) is 0 Å². The second-order valence-corrected chi connectivity index (χ2v) is 7.78. The third-order valence-corrected chi connectivity index (χ3v) is 4.71. The maximum atomic E-state index is 11.1. The number of rotatable bonds is 7. The van der Waals surface area contributed by atoms with Gasteiger partial charge >= 0.3 is 96.5 Å². The number of phosphoric ester groups is 2. The molecule has 5 atom stereocenters. The molecule has 0 radical (unpaired) electrons. The van der Waals surface area contributed by atoms with Crippen LogP contribution in [0.1, 0.15) is 0 Å². The summed E-state index contributed by atoms with van der Waals surface area (Å²) < 4.78 is 47.3. The third kappa shape index (κ3) is 13.2. The minimum absolute atomic E-state index is 0. The van der Waals surface area contributed by atoms with Gasteiger partial charge < -0.3 is 44.0 Å². The van der Waals surface area contributed by atoms with Crippen LogP contribution in [0.5, 0.6) is 0 Å². The number of hydrogen-bond donors (Lipinski definition) is 4. The Morgan fingerprint density at radius 2 is 1.44 bits per heavy atom. The number of ether oxygens (including phenoxy) is 1. The van der Waals surface area contributed by atoms with Gasteiger partial charge in [-0.3, -0.25) is 17.9 Å². The van der Waals surface area contributed by atoms with Gasteiger partial charge in [0.25, 0.3) is 7.82 Å². The predicted molar refractivity (Wildman–Crippen MR) is 56.1 cm³/mol. The van der Waals surface area contributed by atoms with E-state index in [-0.39, 0.29) is 88.7 Å². The van der Waals surface area contributed by atoms with Crippen LogP contribution in [-0.2, 0) is 31.8 Å². The molecule has 0 aromatic rings. The molecule has 1 aliphatic rings. The summed E-state index contributed by atoms with van der Waals surface area (Å²) in [5.41, 5.74) is 0. The van der Waals surface area contributed by atoms with Crippen LogP contribution in [0.2, 0.25) is 0 Å². The van der Waals surface area contributed by atoms with Crippen molar-refractivity contribution in [2.45, 2.75) is 24.6 Å². The van der Waals surface area contributed by atoms with E-state index in [1.807, 2.05) is 0 Å². The van der Waals surface area contributed by atoms with Gasteiger partial charge in [0.05, 0.1) is 14.4 Å². The Bertz CT molecular complexity index is 534. The van der Waals surface area contributed by atoms with Crippen molar-refractivity contribution >= 4 is 23.5 Å². The molecule has 0 bridgehead atoms. The van der Waals surface area contributed by atoms with Crippen molar-refractivity contribution in [3.05, 3.63) is 0 Å². The van der Waals surface area contributed by atoms with Crippen molar-refractivity contribution in [2.24, 2.45) is 0 Å². The van der Waals surface area contributed by atoms with Crippen LogP contribution in [-0.4, -0.2) is 51.2 Å². The molecule has 20 heteroatoms. The predicted octanol–water partition coefficient (Wildman–Crippen LogP) is -13.1. The van der Waals surface area contributed by atoms with E-state index >= 15 is 0 Å². The van der Waals surface area contributed by atoms with E-state index in [0.717, 1.165) is 0 Å². The Labute approximate surface area is 207 Å². The maximum absolute atomic E-state index is 11.1. The molecule has 4 N–H and O–H groups in total. The van der Waals surface area contributed by atoms with Crippen LogP contribution in [0, 0.1) is 0 Å². The zero-order valence-corrected chi connectivity index (χ0v) is 21.9. The molecule has 0 amide bonds. The van der Waals surface area contributed by atoms with E-state index in [1.165, 1.54) is 0 Å². The van der Waals surface area contributed by atoms with Gasteiger partial charge in [-0.1, -0.05) is 0 Å². The van der Waals surface area contributed by atoms with Gasteiger partial charge in [-0.25, -0.2) is 4.57 Å². The number of aliphatic hydroxyl groups is 2. The van der Waals surface area contributed by atoms with Crippen molar-refractivity contribution in [1.82, 2.24) is 0 Å². The molecule has 132 valence electrons. The molecule has 0 aromatic heterocycles. The van der Waals surface area contributed by atoms with E-state index < -0.39 is 54.7 Å². The first-order valence-electron chi connectivity index (χ1n) is 5.15. The van der Waals surface area contributed by atoms with Gasteiger partial charge in [0, 0.05) is 0 Å². The van der Waals surface area contributed by atoms with Gasteiger partial charge in [-0.15, -0.1) is 0 Å². The fraction of sp³-hybridized carbons (Fsp3) is 1.00. The summed E-state index contributed by atoms with van der Waals surface area (Å²) >= 11 is 0. The van der Waals surface area contributed by atoms with Crippen LogP contribution >= 0.6 is 23.5 Å².